The summed E-state index contributed by atoms with van der Waals surface area (Å²) in [6, 6.07) is 0.553. The Morgan fingerprint density at radius 3 is 2.80 bits per heavy atom. The predicted octanol–water partition coefficient (Wildman–Crippen LogP) is 2.93. The average Bonchev–Trinajstić information content (AvgIpc) is 2.14. The maximum Gasteiger partial charge on any atom is 0.167 e. The fourth-order valence-corrected chi connectivity index (χ4v) is 2.04. The molecule has 0 saturated carbocycles. The van der Waals surface area contributed by atoms with Crippen LogP contribution in [0.4, 0.5) is 8.78 Å². The van der Waals surface area contributed by atoms with E-state index in [2.05, 4.69) is 15.9 Å². The van der Waals surface area contributed by atoms with Crippen molar-refractivity contribution in [3.8, 4) is 5.75 Å². The molecule has 0 unspecified atom stereocenters. The van der Waals surface area contributed by atoms with Gasteiger partial charge in [-0.3, -0.25) is 0 Å². The van der Waals surface area contributed by atoms with Crippen LogP contribution in [0.5, 0.6) is 5.75 Å². The fraction of sp³-hybridized carbons (Fsp3) is 0.333. The van der Waals surface area contributed by atoms with Crippen molar-refractivity contribution in [1.82, 2.24) is 0 Å². The Bertz CT molecular complexity index is 389. The molecule has 1 aliphatic heterocycles. The molecule has 0 fully saturated rings. The predicted molar refractivity (Wildman–Crippen MR) is 58.3 cm³/mol. The van der Waals surface area contributed by atoms with Crippen LogP contribution in [0, 0.1) is 11.6 Å². The van der Waals surface area contributed by atoms with Crippen molar-refractivity contribution >= 4 is 28.3 Å². The highest BCUT2D eigenvalue weighted by atomic mass is 79.9. The van der Waals surface area contributed by atoms with Crippen LogP contribution in [0.1, 0.15) is 18.0 Å². The lowest BCUT2D eigenvalue weighted by Gasteiger charge is -2.24. The van der Waals surface area contributed by atoms with Crippen LogP contribution in [-0.4, -0.2) is 6.61 Å². The molecule has 1 heterocycles. The van der Waals surface area contributed by atoms with E-state index in [1.165, 1.54) is 0 Å². The van der Waals surface area contributed by atoms with Crippen molar-refractivity contribution in [3.05, 3.63) is 27.7 Å². The summed E-state index contributed by atoms with van der Waals surface area (Å²) in [6.07, 6.45) is 0.500. The molecular weight excluding hydrogens is 291 g/mol. The molecule has 0 bridgehead atoms. The second-order valence-corrected chi connectivity index (χ2v) is 3.99. The van der Waals surface area contributed by atoms with Gasteiger partial charge in [0.15, 0.2) is 11.6 Å². The van der Waals surface area contributed by atoms with Crippen molar-refractivity contribution in [2.75, 3.05) is 6.61 Å². The maximum absolute atomic E-state index is 13.4. The van der Waals surface area contributed by atoms with E-state index >= 15 is 0 Å². The van der Waals surface area contributed by atoms with E-state index in [1.54, 1.807) is 0 Å². The van der Waals surface area contributed by atoms with Crippen LogP contribution in [-0.2, 0) is 0 Å². The normalized spacial score (nSPS) is 18.8. The Balaban J connectivity index is 0.00000112. The highest BCUT2D eigenvalue weighted by molar-refractivity contribution is 9.10. The molecule has 15 heavy (non-hydrogen) atoms. The number of ether oxygens (including phenoxy) is 1. The smallest absolute Gasteiger partial charge is 0.167 e. The van der Waals surface area contributed by atoms with E-state index in [1.807, 2.05) is 0 Å². The van der Waals surface area contributed by atoms with Gasteiger partial charge in [-0.25, -0.2) is 8.78 Å². The van der Waals surface area contributed by atoms with Crippen LogP contribution < -0.4 is 10.5 Å². The number of halogens is 4. The Morgan fingerprint density at radius 2 is 2.13 bits per heavy atom. The van der Waals surface area contributed by atoms with E-state index in [0.717, 1.165) is 6.07 Å². The summed E-state index contributed by atoms with van der Waals surface area (Å²) in [6.45, 7) is 0.428. The quantitative estimate of drug-likeness (QED) is 0.748. The first-order chi connectivity index (χ1) is 6.61. The number of rotatable bonds is 0. The molecule has 84 valence electrons. The zero-order valence-electron chi connectivity index (χ0n) is 7.60. The molecule has 0 aliphatic carbocycles. The average molecular weight is 301 g/mol. The van der Waals surface area contributed by atoms with Gasteiger partial charge in [-0.2, -0.15) is 0 Å². The van der Waals surface area contributed by atoms with Gasteiger partial charge >= 0.3 is 0 Å². The molecule has 0 aromatic heterocycles. The van der Waals surface area contributed by atoms with Crippen molar-refractivity contribution in [2.24, 2.45) is 5.73 Å². The lowest BCUT2D eigenvalue weighted by Crippen LogP contribution is -2.22. The van der Waals surface area contributed by atoms with E-state index in [-0.39, 0.29) is 18.0 Å². The first-order valence-corrected chi connectivity index (χ1v) is 4.96. The summed E-state index contributed by atoms with van der Waals surface area (Å²) in [5.74, 6) is -1.49. The topological polar surface area (TPSA) is 35.2 Å². The van der Waals surface area contributed by atoms with E-state index in [4.69, 9.17) is 10.5 Å². The van der Waals surface area contributed by atoms with Gasteiger partial charge < -0.3 is 10.5 Å². The summed E-state index contributed by atoms with van der Waals surface area (Å²) in [5, 5.41) is 0. The Morgan fingerprint density at radius 1 is 1.47 bits per heavy atom. The van der Waals surface area contributed by atoms with Gasteiger partial charge in [0.25, 0.3) is 0 Å². The fourth-order valence-electron chi connectivity index (χ4n) is 1.51. The van der Waals surface area contributed by atoms with Crippen molar-refractivity contribution in [3.63, 3.8) is 0 Å². The third kappa shape index (κ3) is 2.09. The van der Waals surface area contributed by atoms with Crippen LogP contribution in [0.3, 0.4) is 0 Å². The van der Waals surface area contributed by atoms with Gasteiger partial charge in [0.05, 0.1) is 16.6 Å². The molecule has 2 N–H and O–H groups in total. The summed E-state index contributed by atoms with van der Waals surface area (Å²) in [7, 11) is 0. The van der Waals surface area contributed by atoms with E-state index < -0.39 is 17.7 Å². The number of nitrogens with two attached hydrogens (primary N) is 1. The lowest BCUT2D eigenvalue weighted by molar-refractivity contribution is 0.259. The summed E-state index contributed by atoms with van der Waals surface area (Å²) in [5.41, 5.74) is 5.81. The van der Waals surface area contributed by atoms with Gasteiger partial charge in [0, 0.05) is 12.5 Å². The maximum atomic E-state index is 13.4. The highest BCUT2D eigenvalue weighted by Gasteiger charge is 2.26. The minimum atomic E-state index is -0.907. The zero-order valence-corrected chi connectivity index (χ0v) is 10.00. The summed E-state index contributed by atoms with van der Waals surface area (Å²) in [4.78, 5) is 0. The van der Waals surface area contributed by atoms with Gasteiger partial charge in [-0.1, -0.05) is 0 Å². The minimum Gasteiger partial charge on any atom is -0.492 e. The largest absolute Gasteiger partial charge is 0.492 e. The third-order valence-corrected chi connectivity index (χ3v) is 2.80. The molecule has 1 atom stereocenters. The minimum absolute atomic E-state index is 0. The van der Waals surface area contributed by atoms with Crippen molar-refractivity contribution in [1.29, 1.82) is 0 Å². The molecule has 2 rings (SSSR count). The summed E-state index contributed by atoms with van der Waals surface area (Å²) >= 11 is 3.11. The summed E-state index contributed by atoms with van der Waals surface area (Å²) < 4.78 is 32.0. The van der Waals surface area contributed by atoms with Crippen LogP contribution >= 0.6 is 28.3 Å². The standard InChI is InChI=1S/C9H8BrF2NO.ClH/c10-4-3-5(11)8(12)7-6(13)1-2-14-9(4)7;/h3,6H,1-2,13H2;1H/t6-;/m1./s1. The highest BCUT2D eigenvalue weighted by Crippen LogP contribution is 2.39. The van der Waals surface area contributed by atoms with E-state index in [9.17, 15) is 8.78 Å². The number of hydrogen-bond acceptors (Lipinski definition) is 2. The first kappa shape index (κ1) is 12.7. The monoisotopic (exact) mass is 299 g/mol. The van der Waals surface area contributed by atoms with Gasteiger partial charge in [0.2, 0.25) is 0 Å². The SMILES string of the molecule is Cl.N[C@@H]1CCOc2c(Br)cc(F)c(F)c21. The zero-order chi connectivity index (χ0) is 10.3. The Hall–Kier alpha value is -0.390. The van der Waals surface area contributed by atoms with Crippen molar-refractivity contribution < 1.29 is 13.5 Å². The molecule has 1 aliphatic rings. The molecular formula is C9H9BrClF2NO. The number of hydrogen-bond donors (Lipinski definition) is 1. The third-order valence-electron chi connectivity index (χ3n) is 2.21. The number of benzene rings is 1. The molecule has 0 amide bonds. The van der Waals surface area contributed by atoms with Gasteiger partial charge in [0.1, 0.15) is 5.75 Å². The van der Waals surface area contributed by atoms with Gasteiger partial charge in [-0.05, 0) is 22.0 Å². The van der Waals surface area contributed by atoms with Crippen LogP contribution in [0.2, 0.25) is 0 Å². The van der Waals surface area contributed by atoms with Crippen LogP contribution in [0.15, 0.2) is 10.5 Å². The second-order valence-electron chi connectivity index (χ2n) is 3.14. The Labute approximate surface area is 100 Å². The van der Waals surface area contributed by atoms with Gasteiger partial charge in [-0.15, -0.1) is 12.4 Å². The second kappa shape index (κ2) is 4.63. The molecule has 0 spiro atoms. The molecule has 0 radical (unpaired) electrons. The molecule has 6 heteroatoms. The first-order valence-electron chi connectivity index (χ1n) is 4.17. The molecule has 1 aromatic carbocycles. The van der Waals surface area contributed by atoms with Crippen molar-refractivity contribution in [2.45, 2.75) is 12.5 Å². The Kier molecular flexibility index (Phi) is 3.92. The molecule has 1 aromatic rings. The van der Waals surface area contributed by atoms with E-state index in [0.29, 0.717) is 23.2 Å². The lowest BCUT2D eigenvalue weighted by atomic mass is 10.0. The number of fused-ring (bicyclic) bond motifs is 1. The molecule has 0 saturated heterocycles. The molecule has 2 nitrogen and oxygen atoms in total. The van der Waals surface area contributed by atoms with Crippen LogP contribution in [0.25, 0.3) is 0 Å².